The molecule has 0 radical (unpaired) electrons. The van der Waals surface area contributed by atoms with Crippen LogP contribution in [0.15, 0.2) is 12.7 Å². The van der Waals surface area contributed by atoms with Gasteiger partial charge in [-0.2, -0.15) is 0 Å². The Bertz CT molecular complexity index is 346. The Kier molecular flexibility index (Phi) is 9.95. The van der Waals surface area contributed by atoms with Crippen molar-refractivity contribution < 1.29 is 14.3 Å². The molecule has 0 rings (SSSR count). The molecule has 0 aliphatic rings. The monoisotopic (exact) mass is 318 g/mol. The topological polar surface area (TPSA) is 67.4 Å². The molecule has 1 unspecified atom stereocenters. The average molecular weight is 318 g/mol. The van der Waals surface area contributed by atoms with Crippen LogP contribution < -0.4 is 10.6 Å². The van der Waals surface area contributed by atoms with Gasteiger partial charge in [0.25, 0.3) is 0 Å². The summed E-state index contributed by atoms with van der Waals surface area (Å²) in [7, 11) is -0.580. The molecule has 5 nitrogen and oxygen atoms in total. The van der Waals surface area contributed by atoms with E-state index < -0.39 is 16.0 Å². The van der Waals surface area contributed by atoms with Gasteiger partial charge in [-0.1, -0.05) is 20.4 Å². The van der Waals surface area contributed by atoms with Crippen molar-refractivity contribution in [2.75, 3.05) is 38.0 Å². The second-order valence-electron chi connectivity index (χ2n) is 5.45. The fourth-order valence-corrected chi connectivity index (χ4v) is 3.93. The smallest absolute Gasteiger partial charge is 0.330 e. The number of rotatable bonds is 10. The Morgan fingerprint density at radius 3 is 2.48 bits per heavy atom. The van der Waals surface area contributed by atoms with Crippen molar-refractivity contribution in [1.29, 1.82) is 0 Å². The summed E-state index contributed by atoms with van der Waals surface area (Å²) >= 11 is 0. The van der Waals surface area contributed by atoms with Crippen LogP contribution in [0.2, 0.25) is 0 Å². The molecule has 6 heteroatoms. The van der Waals surface area contributed by atoms with Gasteiger partial charge in [-0.05, 0) is 36.4 Å². The van der Waals surface area contributed by atoms with E-state index in [0.29, 0.717) is 13.1 Å². The van der Waals surface area contributed by atoms with Crippen LogP contribution in [0.25, 0.3) is 0 Å². The fourth-order valence-electron chi connectivity index (χ4n) is 1.74. The number of urea groups is 1. The zero-order chi connectivity index (χ0) is 16.3. The molecular weight excluding hydrogens is 288 g/mol. The molecule has 0 aromatic heterocycles. The first kappa shape index (κ1) is 19.8. The molecule has 0 fully saturated rings. The van der Waals surface area contributed by atoms with Crippen molar-refractivity contribution >= 4 is 22.0 Å². The zero-order valence-electron chi connectivity index (χ0n) is 13.7. The van der Waals surface area contributed by atoms with Crippen molar-refractivity contribution in [1.82, 2.24) is 10.6 Å². The summed E-state index contributed by atoms with van der Waals surface area (Å²) in [5.41, 5.74) is 0. The fraction of sp³-hybridized carbons (Fsp3) is 0.733. The van der Waals surface area contributed by atoms with Crippen molar-refractivity contribution in [3.8, 4) is 0 Å². The second kappa shape index (κ2) is 10.5. The minimum absolute atomic E-state index is 0.156. The number of nitrogens with one attached hydrogen (secondary N) is 2. The molecule has 0 spiro atoms. The number of ether oxygens (including phenoxy) is 1. The maximum Gasteiger partial charge on any atom is 0.330 e. The minimum Gasteiger partial charge on any atom is -0.461 e. The van der Waals surface area contributed by atoms with E-state index in [2.05, 4.69) is 43.6 Å². The van der Waals surface area contributed by atoms with E-state index in [1.165, 1.54) is 12.2 Å². The SMILES string of the molecule is C=CC(=O)OCCNC(=O)NCCCS(C)(C)C(C)CC. The third-order valence-corrected chi connectivity index (χ3v) is 7.45. The highest BCUT2D eigenvalue weighted by Crippen LogP contribution is 2.46. The van der Waals surface area contributed by atoms with Crippen LogP contribution in [0.4, 0.5) is 4.79 Å². The molecule has 124 valence electrons. The Morgan fingerprint density at radius 2 is 1.90 bits per heavy atom. The summed E-state index contributed by atoms with van der Waals surface area (Å²) in [4.78, 5) is 22.3. The molecule has 0 aromatic carbocycles. The van der Waals surface area contributed by atoms with Gasteiger partial charge in [0.1, 0.15) is 6.61 Å². The highest BCUT2D eigenvalue weighted by Gasteiger charge is 2.18. The molecule has 0 saturated heterocycles. The van der Waals surface area contributed by atoms with E-state index in [1.807, 2.05) is 0 Å². The van der Waals surface area contributed by atoms with Crippen LogP contribution in [0, 0.1) is 0 Å². The van der Waals surface area contributed by atoms with Crippen LogP contribution in [0.5, 0.6) is 0 Å². The molecule has 1 atom stereocenters. The Balaban J connectivity index is 3.66. The molecule has 0 aliphatic heterocycles. The largest absolute Gasteiger partial charge is 0.461 e. The normalized spacial score (nSPS) is 13.1. The number of amides is 2. The van der Waals surface area contributed by atoms with Gasteiger partial charge in [0.05, 0.1) is 6.54 Å². The number of hydrogen-bond acceptors (Lipinski definition) is 3. The van der Waals surface area contributed by atoms with Gasteiger partial charge in [-0.15, -0.1) is 0 Å². The van der Waals surface area contributed by atoms with E-state index in [0.717, 1.165) is 17.7 Å². The van der Waals surface area contributed by atoms with Gasteiger partial charge in [0, 0.05) is 12.6 Å². The molecule has 2 amide bonds. The lowest BCUT2D eigenvalue weighted by Crippen LogP contribution is -2.38. The van der Waals surface area contributed by atoms with Crippen molar-refractivity contribution in [2.45, 2.75) is 31.9 Å². The third kappa shape index (κ3) is 9.39. The van der Waals surface area contributed by atoms with Crippen LogP contribution in [0.3, 0.4) is 0 Å². The Hall–Kier alpha value is -1.17. The molecule has 0 bridgehead atoms. The minimum atomic E-state index is -0.580. The summed E-state index contributed by atoms with van der Waals surface area (Å²) in [5.74, 6) is 0.687. The predicted molar refractivity (Wildman–Crippen MR) is 91.2 cm³/mol. The molecule has 0 heterocycles. The standard InChI is InChI=1S/C15H30N2O3S/c1-6-13(3)21(4,5)12-8-9-16-15(19)17-10-11-20-14(18)7-2/h7,13H,2,6,8-12H2,1,3-5H3,(H2,16,17,19). The van der Waals surface area contributed by atoms with Crippen LogP contribution in [-0.4, -0.2) is 55.2 Å². The highest BCUT2D eigenvalue weighted by molar-refractivity contribution is 8.33. The Labute approximate surface area is 130 Å². The van der Waals surface area contributed by atoms with Crippen molar-refractivity contribution in [3.05, 3.63) is 12.7 Å². The van der Waals surface area contributed by atoms with Crippen LogP contribution in [-0.2, 0) is 9.53 Å². The van der Waals surface area contributed by atoms with E-state index in [1.54, 1.807) is 0 Å². The van der Waals surface area contributed by atoms with Crippen molar-refractivity contribution in [3.63, 3.8) is 0 Å². The first-order valence-electron chi connectivity index (χ1n) is 7.34. The van der Waals surface area contributed by atoms with Gasteiger partial charge >= 0.3 is 12.0 Å². The number of carbonyl (C=O) groups is 2. The van der Waals surface area contributed by atoms with Gasteiger partial charge in [-0.3, -0.25) is 0 Å². The summed E-state index contributed by atoms with van der Waals surface area (Å²) in [5, 5.41) is 6.21. The first-order chi connectivity index (χ1) is 9.83. The van der Waals surface area contributed by atoms with Gasteiger partial charge < -0.3 is 15.4 Å². The average Bonchev–Trinajstić information content (AvgIpc) is 2.46. The van der Waals surface area contributed by atoms with Crippen LogP contribution in [0.1, 0.15) is 26.7 Å². The van der Waals surface area contributed by atoms with Gasteiger partial charge in [0.15, 0.2) is 0 Å². The number of carbonyl (C=O) groups excluding carboxylic acids is 2. The molecular formula is C15H30N2O3S. The lowest BCUT2D eigenvalue weighted by molar-refractivity contribution is -0.137. The van der Waals surface area contributed by atoms with Gasteiger partial charge in [0.2, 0.25) is 0 Å². The quantitative estimate of drug-likeness (QED) is 0.369. The summed E-state index contributed by atoms with van der Waals surface area (Å²) < 4.78 is 4.75. The summed E-state index contributed by atoms with van der Waals surface area (Å²) in [6.45, 7) is 8.95. The lowest BCUT2D eigenvalue weighted by Gasteiger charge is -2.37. The molecule has 21 heavy (non-hydrogen) atoms. The second-order valence-corrected chi connectivity index (χ2v) is 9.91. The summed E-state index contributed by atoms with van der Waals surface area (Å²) in [6, 6.07) is -0.221. The van der Waals surface area contributed by atoms with E-state index in [9.17, 15) is 9.59 Å². The van der Waals surface area contributed by atoms with Crippen molar-refractivity contribution in [2.24, 2.45) is 0 Å². The predicted octanol–water partition coefficient (Wildman–Crippen LogP) is 2.27. The Morgan fingerprint density at radius 1 is 1.29 bits per heavy atom. The summed E-state index contributed by atoms with van der Waals surface area (Å²) in [6.07, 6.45) is 8.01. The van der Waals surface area contributed by atoms with E-state index in [4.69, 9.17) is 4.74 Å². The van der Waals surface area contributed by atoms with Crippen LogP contribution >= 0.6 is 10.0 Å². The molecule has 0 saturated carbocycles. The maximum absolute atomic E-state index is 11.5. The highest BCUT2D eigenvalue weighted by atomic mass is 32.3. The maximum atomic E-state index is 11.5. The number of esters is 1. The zero-order valence-corrected chi connectivity index (χ0v) is 14.6. The van der Waals surface area contributed by atoms with E-state index >= 15 is 0 Å². The molecule has 0 aliphatic carbocycles. The molecule has 2 N–H and O–H groups in total. The molecule has 0 aromatic rings. The number of hydrogen-bond donors (Lipinski definition) is 2. The van der Waals surface area contributed by atoms with Gasteiger partial charge in [-0.25, -0.2) is 19.6 Å². The lowest BCUT2D eigenvalue weighted by atomic mass is 10.4. The van der Waals surface area contributed by atoms with E-state index in [-0.39, 0.29) is 12.6 Å². The third-order valence-electron chi connectivity index (χ3n) is 3.60. The first-order valence-corrected chi connectivity index (χ1v) is 10.0.